The third-order valence-corrected chi connectivity index (χ3v) is 2.70. The van der Waals surface area contributed by atoms with E-state index < -0.39 is 0 Å². The van der Waals surface area contributed by atoms with E-state index in [9.17, 15) is 4.39 Å². The Bertz CT molecular complexity index is 335. The average Bonchev–Trinajstić information content (AvgIpc) is 2.25. The minimum absolute atomic E-state index is 0.136. The molecule has 1 heterocycles. The molecule has 0 bridgehead atoms. The highest BCUT2D eigenvalue weighted by Crippen LogP contribution is 2.23. The molecule has 0 N–H and O–H groups in total. The largest absolute Gasteiger partial charge is 0.378 e. The van der Waals surface area contributed by atoms with Crippen LogP contribution < -0.4 is 4.90 Å². The summed E-state index contributed by atoms with van der Waals surface area (Å²) in [5.74, 6) is -0.136. The first-order chi connectivity index (χ1) is 7.70. The molecular weight excluding hydrogens is 205 g/mol. The number of hydrogen-bond acceptors (Lipinski definition) is 2. The minimum Gasteiger partial charge on any atom is -0.378 e. The van der Waals surface area contributed by atoms with Crippen molar-refractivity contribution < 1.29 is 9.13 Å². The highest BCUT2D eigenvalue weighted by Gasteiger charge is 2.26. The van der Waals surface area contributed by atoms with Crippen molar-refractivity contribution in [3.63, 3.8) is 0 Å². The zero-order valence-corrected chi connectivity index (χ0v) is 10.5. The number of nitrogens with zero attached hydrogens (tertiary/aromatic N) is 1. The van der Waals surface area contributed by atoms with Gasteiger partial charge >= 0.3 is 0 Å². The van der Waals surface area contributed by atoms with Crippen molar-refractivity contribution in [2.24, 2.45) is 0 Å². The smallest absolute Gasteiger partial charge is 0.128 e. The second-order valence-electron chi connectivity index (χ2n) is 3.70. The van der Waals surface area contributed by atoms with Crippen LogP contribution in [0.1, 0.15) is 19.4 Å². The third-order valence-electron chi connectivity index (χ3n) is 2.70. The second kappa shape index (κ2) is 5.85. The van der Waals surface area contributed by atoms with Crippen LogP contribution in [0.25, 0.3) is 0 Å². The lowest BCUT2D eigenvalue weighted by atomic mass is 10.1. The summed E-state index contributed by atoms with van der Waals surface area (Å²) >= 11 is 0. The fraction of sp³-hybridized carbons (Fsp3) is 0.538. The maximum absolute atomic E-state index is 13.2. The van der Waals surface area contributed by atoms with Crippen LogP contribution in [-0.4, -0.2) is 26.3 Å². The highest BCUT2D eigenvalue weighted by atomic mass is 19.1. The molecule has 90 valence electrons. The van der Waals surface area contributed by atoms with Gasteiger partial charge in [0.15, 0.2) is 0 Å². The summed E-state index contributed by atoms with van der Waals surface area (Å²) in [7, 11) is 1.71. The maximum atomic E-state index is 13.2. The summed E-state index contributed by atoms with van der Waals surface area (Å²) in [4.78, 5) is 2.11. The Morgan fingerprint density at radius 1 is 1.31 bits per heavy atom. The van der Waals surface area contributed by atoms with Crippen molar-refractivity contribution in [1.82, 2.24) is 0 Å². The first kappa shape index (κ1) is 13.0. The van der Waals surface area contributed by atoms with Gasteiger partial charge in [-0.25, -0.2) is 4.39 Å². The van der Waals surface area contributed by atoms with E-state index in [-0.39, 0.29) is 5.82 Å². The number of hydrogen-bond donors (Lipinski definition) is 0. The predicted octanol–water partition coefficient (Wildman–Crippen LogP) is 3.00. The van der Waals surface area contributed by atoms with Crippen molar-refractivity contribution in [1.29, 1.82) is 0 Å². The molecule has 0 radical (unpaired) electrons. The summed E-state index contributed by atoms with van der Waals surface area (Å²) < 4.78 is 18.4. The maximum Gasteiger partial charge on any atom is 0.128 e. The Morgan fingerprint density at radius 3 is 2.44 bits per heavy atom. The molecule has 2 rings (SSSR count). The van der Waals surface area contributed by atoms with Crippen LogP contribution in [0.4, 0.5) is 10.1 Å². The Morgan fingerprint density at radius 2 is 1.94 bits per heavy atom. The van der Waals surface area contributed by atoms with Gasteiger partial charge in [0, 0.05) is 25.9 Å². The van der Waals surface area contributed by atoms with Crippen molar-refractivity contribution >= 4 is 5.69 Å². The summed E-state index contributed by atoms with van der Waals surface area (Å²) in [6.45, 7) is 7.49. The van der Waals surface area contributed by atoms with Crippen LogP contribution in [0.5, 0.6) is 0 Å². The second-order valence-corrected chi connectivity index (χ2v) is 3.70. The molecule has 0 atom stereocenters. The van der Waals surface area contributed by atoms with Gasteiger partial charge in [0.2, 0.25) is 0 Å². The predicted molar refractivity (Wildman–Crippen MR) is 65.5 cm³/mol. The lowest BCUT2D eigenvalue weighted by molar-refractivity contribution is 0.0787. The van der Waals surface area contributed by atoms with Crippen LogP contribution >= 0.6 is 0 Å². The van der Waals surface area contributed by atoms with Crippen LogP contribution in [0.3, 0.4) is 0 Å². The molecule has 0 spiro atoms. The van der Waals surface area contributed by atoms with E-state index in [1.165, 1.54) is 0 Å². The van der Waals surface area contributed by atoms with Gasteiger partial charge < -0.3 is 9.64 Å². The summed E-state index contributed by atoms with van der Waals surface area (Å²) in [5, 5.41) is 0. The van der Waals surface area contributed by atoms with Gasteiger partial charge in [0.1, 0.15) is 5.82 Å². The van der Waals surface area contributed by atoms with Gasteiger partial charge in [-0.2, -0.15) is 0 Å². The molecule has 0 unspecified atom stereocenters. The quantitative estimate of drug-likeness (QED) is 0.767. The van der Waals surface area contributed by atoms with E-state index in [4.69, 9.17) is 4.74 Å². The number of ether oxygens (including phenoxy) is 1. The van der Waals surface area contributed by atoms with E-state index in [2.05, 4.69) is 4.90 Å². The van der Waals surface area contributed by atoms with Gasteiger partial charge in [-0.1, -0.05) is 19.9 Å². The fourth-order valence-corrected chi connectivity index (χ4v) is 1.58. The number of rotatable bonds is 2. The lowest BCUT2D eigenvalue weighted by Gasteiger charge is -2.40. The molecule has 0 amide bonds. The van der Waals surface area contributed by atoms with Crippen LogP contribution in [0.2, 0.25) is 0 Å². The molecule has 2 nitrogen and oxygen atoms in total. The van der Waals surface area contributed by atoms with E-state index in [0.29, 0.717) is 11.7 Å². The Hall–Kier alpha value is -1.09. The number of aryl methyl sites for hydroxylation is 1. The Kier molecular flexibility index (Phi) is 4.74. The zero-order valence-electron chi connectivity index (χ0n) is 10.5. The first-order valence-corrected chi connectivity index (χ1v) is 5.74. The molecule has 1 fully saturated rings. The number of methoxy groups -OCH3 is 1. The van der Waals surface area contributed by atoms with Crippen molar-refractivity contribution in [2.45, 2.75) is 26.9 Å². The van der Waals surface area contributed by atoms with Crippen molar-refractivity contribution in [3.8, 4) is 0 Å². The zero-order chi connectivity index (χ0) is 12.1. The molecule has 3 heteroatoms. The summed E-state index contributed by atoms with van der Waals surface area (Å²) in [6, 6.07) is 5.34. The van der Waals surface area contributed by atoms with Crippen LogP contribution in [-0.2, 0) is 4.74 Å². The van der Waals surface area contributed by atoms with E-state index in [1.54, 1.807) is 20.1 Å². The highest BCUT2D eigenvalue weighted by molar-refractivity contribution is 5.50. The molecule has 0 aliphatic carbocycles. The van der Waals surface area contributed by atoms with E-state index >= 15 is 0 Å². The third kappa shape index (κ3) is 2.73. The Labute approximate surface area is 97.0 Å². The fourth-order valence-electron chi connectivity index (χ4n) is 1.58. The van der Waals surface area contributed by atoms with E-state index in [0.717, 1.165) is 18.8 Å². The van der Waals surface area contributed by atoms with Crippen LogP contribution in [0.15, 0.2) is 18.2 Å². The summed E-state index contributed by atoms with van der Waals surface area (Å²) in [6.07, 6.45) is 0.305. The number of benzene rings is 1. The summed E-state index contributed by atoms with van der Waals surface area (Å²) in [5.41, 5.74) is 1.64. The molecule has 1 saturated heterocycles. The number of halogens is 1. The molecule has 0 aromatic heterocycles. The standard InChI is InChI=1S/C11H14FNO.C2H6/c1-8-3-4-9(5-11(8)12)13-6-10(7-13)14-2;1-2/h3-5,10H,6-7H2,1-2H3;1-2H3. The van der Waals surface area contributed by atoms with Gasteiger partial charge in [-0.15, -0.1) is 0 Å². The SMILES string of the molecule is CC.COC1CN(c2ccc(C)c(F)c2)C1. The Balaban J connectivity index is 0.000000606. The van der Waals surface area contributed by atoms with Gasteiger partial charge in [-0.3, -0.25) is 0 Å². The molecule has 1 aromatic carbocycles. The lowest BCUT2D eigenvalue weighted by Crippen LogP contribution is -2.51. The number of anilines is 1. The van der Waals surface area contributed by atoms with E-state index in [1.807, 2.05) is 26.0 Å². The molecule has 1 aromatic rings. The average molecular weight is 225 g/mol. The monoisotopic (exact) mass is 225 g/mol. The van der Waals surface area contributed by atoms with Gasteiger partial charge in [0.05, 0.1) is 6.10 Å². The first-order valence-electron chi connectivity index (χ1n) is 5.74. The molecule has 1 aliphatic heterocycles. The van der Waals surface area contributed by atoms with Gasteiger partial charge in [0.25, 0.3) is 0 Å². The van der Waals surface area contributed by atoms with Crippen molar-refractivity contribution in [2.75, 3.05) is 25.1 Å². The normalized spacial score (nSPS) is 15.2. The molecule has 0 saturated carbocycles. The topological polar surface area (TPSA) is 12.5 Å². The van der Waals surface area contributed by atoms with Crippen molar-refractivity contribution in [3.05, 3.63) is 29.6 Å². The molecule has 16 heavy (non-hydrogen) atoms. The van der Waals surface area contributed by atoms with Gasteiger partial charge in [-0.05, 0) is 24.6 Å². The molecular formula is C13H20FNO. The minimum atomic E-state index is -0.136. The molecule has 1 aliphatic rings. The van der Waals surface area contributed by atoms with Crippen LogP contribution in [0, 0.1) is 12.7 Å².